The molecule has 6 amide bonds. The zero-order valence-corrected chi connectivity index (χ0v) is 87.6. The molecule has 0 unspecified atom stereocenters. The van der Waals surface area contributed by atoms with Crippen molar-refractivity contribution in [2.24, 2.45) is 0 Å². The maximum absolute atomic E-state index is 12.8. The normalized spacial score (nSPS) is 15.0. The lowest BCUT2D eigenvalue weighted by Crippen LogP contribution is -2.35. The molecule has 0 aliphatic carbocycles. The lowest BCUT2D eigenvalue weighted by atomic mass is 9.87. The molecule has 0 saturated carbocycles. The number of likely N-dealkylation sites (tertiary alicyclic amines) is 6. The Bertz CT molecular complexity index is 7470. The van der Waals surface area contributed by atoms with E-state index >= 15 is 0 Å². The Balaban J connectivity index is 0.000000112. The molecule has 6 aliphatic heterocycles. The third kappa shape index (κ3) is 24.0. The molecule has 18 aromatic rings. The quantitative estimate of drug-likeness (QED) is 0.105. The first-order valence-corrected chi connectivity index (χ1v) is 53.6. The first-order valence-electron chi connectivity index (χ1n) is 53.2. The number of hydrogen-bond acceptors (Lipinski definition) is 12. The number of aromatic nitrogens is 12. The SMILES string of the molecule is CC(C)(C)c1cccc(-n2cnc3cc(C(=O)N4CCCCC4)ccc32)c1.CC(C)c1cccc(-n2cnc3cc(C(=O)N4CCCCC4)ccc32)c1.Cc1ccc(-n2cnc3cc(C(=O)N4CCCCC4)ccc32)cc1.Cc1cccc(-n2cnc3cc(C(=O)N4CCCCC4)ccc32)c1.Cc1cccc(-n2cnc3cc(C(=O)N4CCCCC4)ccc32)c1.O=C(c1ccc2c(c1)ncn2-c1cccc(Cl)c1)N1CCCCC1. The summed E-state index contributed by atoms with van der Waals surface area (Å²) in [6.07, 6.45) is 31.5. The molecule has 762 valence electrons. The van der Waals surface area contributed by atoms with Gasteiger partial charge in [0.1, 0.15) is 38.0 Å². The number of benzene rings is 12. The number of halogens is 1. The predicted molar refractivity (Wildman–Crippen MR) is 597 cm³/mol. The molecule has 0 N–H and O–H groups in total. The van der Waals surface area contributed by atoms with Gasteiger partial charge in [-0.3, -0.25) is 56.2 Å². The third-order valence-electron chi connectivity index (χ3n) is 29.4. The lowest BCUT2D eigenvalue weighted by Gasteiger charge is -2.26. The van der Waals surface area contributed by atoms with Crippen LogP contribution in [0.1, 0.15) is 246 Å². The highest BCUT2D eigenvalue weighted by atomic mass is 35.5. The molecule has 12 aromatic carbocycles. The van der Waals surface area contributed by atoms with Crippen molar-refractivity contribution >= 4 is 113 Å². The van der Waals surface area contributed by atoms with Crippen molar-refractivity contribution in [1.82, 2.24) is 86.7 Å². The van der Waals surface area contributed by atoms with E-state index in [2.05, 4.69) is 217 Å². The van der Waals surface area contributed by atoms with Gasteiger partial charge < -0.3 is 29.4 Å². The van der Waals surface area contributed by atoms with Crippen LogP contribution in [0.4, 0.5) is 0 Å². The summed E-state index contributed by atoms with van der Waals surface area (Å²) < 4.78 is 12.4. The second-order valence-corrected chi connectivity index (χ2v) is 42.0. The zero-order chi connectivity index (χ0) is 103. The average Bonchev–Trinajstić information content (AvgIpc) is 1.70. The minimum atomic E-state index is 0.0976. The van der Waals surface area contributed by atoms with E-state index in [9.17, 15) is 28.8 Å². The maximum Gasteiger partial charge on any atom is 0.253 e. The van der Waals surface area contributed by atoms with Gasteiger partial charge in [0, 0.05) is 151 Å². The fourth-order valence-corrected chi connectivity index (χ4v) is 21.0. The van der Waals surface area contributed by atoms with Gasteiger partial charge in [-0.2, -0.15) is 0 Å². The van der Waals surface area contributed by atoms with Crippen LogP contribution in [-0.4, -0.2) is 201 Å². The van der Waals surface area contributed by atoms with Crippen molar-refractivity contribution in [3.05, 3.63) is 359 Å². The number of imidazole rings is 6. The largest absolute Gasteiger partial charge is 0.339 e. The molecule has 0 radical (unpaired) electrons. The number of hydrogen-bond donors (Lipinski definition) is 0. The van der Waals surface area contributed by atoms with Crippen LogP contribution in [0.15, 0.2) is 293 Å². The summed E-state index contributed by atoms with van der Waals surface area (Å²) in [4.78, 5) is 115. The molecule has 25 heteroatoms. The zero-order valence-electron chi connectivity index (χ0n) is 86.9. The first-order chi connectivity index (χ1) is 72.4. The Kier molecular flexibility index (Phi) is 32.1. The Morgan fingerprint density at radius 2 is 0.477 bits per heavy atom. The van der Waals surface area contributed by atoms with Gasteiger partial charge in [0.05, 0.1) is 66.2 Å². The highest BCUT2D eigenvalue weighted by molar-refractivity contribution is 6.30. The van der Waals surface area contributed by atoms with Gasteiger partial charge in [-0.25, -0.2) is 29.9 Å². The van der Waals surface area contributed by atoms with Gasteiger partial charge in [-0.1, -0.05) is 119 Å². The second kappa shape index (κ2) is 46.7. The molecule has 0 atom stereocenters. The molecule has 12 heterocycles. The van der Waals surface area contributed by atoms with Crippen molar-refractivity contribution < 1.29 is 28.8 Å². The van der Waals surface area contributed by atoms with Crippen LogP contribution in [0.5, 0.6) is 0 Å². The molecule has 0 bridgehead atoms. The van der Waals surface area contributed by atoms with Crippen molar-refractivity contribution in [2.45, 2.75) is 182 Å². The highest BCUT2D eigenvalue weighted by Gasteiger charge is 2.28. The minimum Gasteiger partial charge on any atom is -0.339 e. The molecular weight excluding hydrogens is 1870 g/mol. The number of piperidine rings is 6. The van der Waals surface area contributed by atoms with Crippen molar-refractivity contribution in [3.8, 4) is 34.1 Å². The third-order valence-corrected chi connectivity index (χ3v) is 29.6. The van der Waals surface area contributed by atoms with Crippen LogP contribution in [0.2, 0.25) is 5.02 Å². The monoisotopic (exact) mass is 2010 g/mol. The van der Waals surface area contributed by atoms with Gasteiger partial charge in [-0.15, -0.1) is 0 Å². The summed E-state index contributed by atoms with van der Waals surface area (Å²) in [6, 6.07) is 84.8. The summed E-state index contributed by atoms with van der Waals surface area (Å²) in [5.41, 5.74) is 28.4. The Labute approximate surface area is 877 Å². The smallest absolute Gasteiger partial charge is 0.253 e. The van der Waals surface area contributed by atoms with E-state index in [1.165, 1.54) is 66.3 Å². The number of rotatable bonds is 13. The molecular formula is C124H133ClN18O6. The van der Waals surface area contributed by atoms with Gasteiger partial charge >= 0.3 is 0 Å². The van der Waals surface area contributed by atoms with Crippen LogP contribution in [0.25, 0.3) is 100 Å². The minimum absolute atomic E-state index is 0.0976. The summed E-state index contributed by atoms with van der Waals surface area (Å²) in [5, 5.41) is 0.686. The highest BCUT2D eigenvalue weighted by Crippen LogP contribution is 2.34. The molecule has 24 nitrogen and oxygen atoms in total. The van der Waals surface area contributed by atoms with E-state index < -0.39 is 0 Å². The topological polar surface area (TPSA) is 229 Å². The van der Waals surface area contributed by atoms with Gasteiger partial charge in [0.25, 0.3) is 35.4 Å². The van der Waals surface area contributed by atoms with Crippen molar-refractivity contribution in [3.63, 3.8) is 0 Å². The summed E-state index contributed by atoms with van der Waals surface area (Å²) in [5.74, 6) is 1.22. The number of aryl methyl sites for hydroxylation is 3. The van der Waals surface area contributed by atoms with Gasteiger partial charge in [0.15, 0.2) is 0 Å². The van der Waals surface area contributed by atoms with Crippen LogP contribution in [0, 0.1) is 20.8 Å². The summed E-state index contributed by atoms with van der Waals surface area (Å²) >= 11 is 6.08. The van der Waals surface area contributed by atoms with Crippen LogP contribution >= 0.6 is 11.6 Å². The number of carbonyl (C=O) groups excluding carboxylic acids is 6. The van der Waals surface area contributed by atoms with Gasteiger partial charge in [-0.05, 0) is 358 Å². The molecule has 149 heavy (non-hydrogen) atoms. The Hall–Kier alpha value is -15.4. The fraction of sp³-hybridized carbons (Fsp3) is 0.323. The molecule has 6 fully saturated rings. The molecule has 6 saturated heterocycles. The summed E-state index contributed by atoms with van der Waals surface area (Å²) in [7, 11) is 0. The second-order valence-electron chi connectivity index (χ2n) is 41.6. The molecule has 0 spiro atoms. The Morgan fingerprint density at radius 3 is 0.732 bits per heavy atom. The van der Waals surface area contributed by atoms with E-state index in [1.807, 2.05) is 211 Å². The number of nitrogens with zero attached hydrogens (tertiary/aromatic N) is 18. The fourth-order valence-electron chi connectivity index (χ4n) is 20.8. The lowest BCUT2D eigenvalue weighted by molar-refractivity contribution is 0.0717. The van der Waals surface area contributed by atoms with E-state index in [4.69, 9.17) is 11.6 Å². The van der Waals surface area contributed by atoms with Crippen molar-refractivity contribution in [2.75, 3.05) is 78.5 Å². The summed E-state index contributed by atoms with van der Waals surface area (Å²) in [6.45, 7) is 27.7. The average molecular weight is 2010 g/mol. The Morgan fingerprint density at radius 1 is 0.242 bits per heavy atom. The van der Waals surface area contributed by atoms with Crippen LogP contribution in [0.3, 0.4) is 0 Å². The number of fused-ring (bicyclic) bond motifs is 6. The number of carbonyl (C=O) groups is 6. The van der Waals surface area contributed by atoms with Crippen LogP contribution in [-0.2, 0) is 5.41 Å². The van der Waals surface area contributed by atoms with E-state index in [0.717, 1.165) is 284 Å². The van der Waals surface area contributed by atoms with E-state index in [-0.39, 0.29) is 40.9 Å². The predicted octanol–water partition coefficient (Wildman–Crippen LogP) is 25.9. The van der Waals surface area contributed by atoms with E-state index in [1.54, 1.807) is 6.33 Å². The number of amides is 6. The molecule has 24 rings (SSSR count). The molecule has 6 aliphatic rings. The maximum atomic E-state index is 12.8. The van der Waals surface area contributed by atoms with Crippen LogP contribution < -0.4 is 0 Å². The van der Waals surface area contributed by atoms with Gasteiger partial charge in [0.2, 0.25) is 0 Å². The molecule has 6 aromatic heterocycles. The first kappa shape index (κ1) is 102. The standard InChI is InChI=1S/C23H27N3O.C22H25N3O.3C20H21N3O.C19H18ClN3O/c1-23(2,3)18-8-7-9-19(15-18)26-16-24-20-14-17(10-11-21(20)26)22(27)25-12-5-4-6-13-25;1-16(2)17-7-6-8-19(13-17)25-15-23-20-14-18(9-10-21(20)25)22(26)24-11-4-3-5-12-24;1-15-5-8-17(9-6-15)23-14-21-18-13-16(7-10-19(18)23)20(24)22-11-3-2-4-12-22;2*1-15-6-5-7-17(12-15)23-14-21-18-13-16(8-9-19(18)23)20(24)22-10-3-2-4-11-22;20-15-5-4-6-16(12-15)23-13-21-17-11-14(7-8-18(17)23)19(24)22-9-2-1-3-10-22/h7-11,14-16H,4-6,12-13H2,1-3H3;6-10,13-16H,3-5,11-12H2,1-2H3;5-10,13-14H,2-4,11-12H2,1H3;2*5-9,12-14H,2-4,10-11H2,1H3;4-8,11-13H,1-3,9-10H2. The van der Waals surface area contributed by atoms with E-state index in [0.29, 0.717) is 16.5 Å². The van der Waals surface area contributed by atoms with Crippen molar-refractivity contribution in [1.29, 1.82) is 0 Å².